The first-order valence-corrected chi connectivity index (χ1v) is 2.58. The van der Waals surface area contributed by atoms with E-state index in [1.54, 1.807) is 6.92 Å². The van der Waals surface area contributed by atoms with Crippen molar-refractivity contribution in [3.63, 3.8) is 0 Å². The van der Waals surface area contributed by atoms with Gasteiger partial charge in [0.15, 0.2) is 0 Å². The molecule has 0 aliphatic heterocycles. The average Bonchev–Trinajstić information content (AvgIpc) is 1.67. The van der Waals surface area contributed by atoms with Gasteiger partial charge in [-0.1, -0.05) is 0 Å². The number of aliphatic hydroxyl groups excluding tert-OH is 1. The van der Waals surface area contributed by atoms with Crippen molar-refractivity contribution in [1.82, 2.24) is 0 Å². The minimum Gasteiger partial charge on any atom is -0.394 e. The number of halogens is 1. The number of alkyl halides is 1. The molecule has 8 heavy (non-hydrogen) atoms. The Kier molecular flexibility index (Phi) is 2.94. The minimum atomic E-state index is -0.727. The third-order valence-corrected chi connectivity index (χ3v) is 1.03. The van der Waals surface area contributed by atoms with E-state index in [-0.39, 0.29) is 13.0 Å². The lowest BCUT2D eigenvalue weighted by Crippen LogP contribution is -2.40. The Balaban J connectivity index is 3.37. The minimum absolute atomic E-state index is 0.156. The van der Waals surface area contributed by atoms with Crippen LogP contribution in [0.2, 0.25) is 0 Å². The summed E-state index contributed by atoms with van der Waals surface area (Å²) in [4.78, 5) is 0. The molecule has 0 aromatic rings. The number of aliphatic hydroxyl groups is 1. The number of hydrogen-bond acceptors (Lipinski definition) is 2. The van der Waals surface area contributed by atoms with Crippen LogP contribution in [-0.2, 0) is 0 Å². The van der Waals surface area contributed by atoms with Gasteiger partial charge < -0.3 is 10.8 Å². The molecule has 0 aromatic carbocycles. The predicted octanol–water partition coefficient (Wildman–Crippen LogP) is 0.0557. The maximum Gasteiger partial charge on any atom is 0.0912 e. The van der Waals surface area contributed by atoms with Crippen molar-refractivity contribution >= 4 is 0 Å². The van der Waals surface area contributed by atoms with Gasteiger partial charge in [0.25, 0.3) is 0 Å². The quantitative estimate of drug-likeness (QED) is 0.554. The van der Waals surface area contributed by atoms with Gasteiger partial charge in [-0.2, -0.15) is 0 Å². The van der Waals surface area contributed by atoms with Crippen molar-refractivity contribution in [2.75, 3.05) is 13.3 Å². The first-order chi connectivity index (χ1) is 3.62. The second kappa shape index (κ2) is 2.99. The molecule has 3 N–H and O–H groups in total. The molecule has 0 aliphatic carbocycles. The van der Waals surface area contributed by atoms with E-state index in [1.807, 2.05) is 0 Å². The Morgan fingerprint density at radius 2 is 2.25 bits per heavy atom. The Morgan fingerprint density at radius 3 is 2.38 bits per heavy atom. The zero-order chi connectivity index (χ0) is 6.62. The molecule has 0 rings (SSSR count). The lowest BCUT2D eigenvalue weighted by atomic mass is 10.0. The van der Waals surface area contributed by atoms with Crippen LogP contribution >= 0.6 is 0 Å². The summed E-state index contributed by atoms with van der Waals surface area (Å²) in [5.41, 5.74) is 4.61. The molecule has 0 bridgehead atoms. The molecule has 2 nitrogen and oxygen atoms in total. The van der Waals surface area contributed by atoms with Crippen LogP contribution in [0.25, 0.3) is 0 Å². The van der Waals surface area contributed by atoms with E-state index in [0.717, 1.165) is 0 Å². The zero-order valence-corrected chi connectivity index (χ0v) is 5.02. The van der Waals surface area contributed by atoms with Gasteiger partial charge in [0.1, 0.15) is 0 Å². The van der Waals surface area contributed by atoms with Crippen molar-refractivity contribution in [3.05, 3.63) is 0 Å². The Labute approximate surface area is 48.5 Å². The molecule has 1 atom stereocenters. The second-order valence-electron chi connectivity index (χ2n) is 2.25. The summed E-state index contributed by atoms with van der Waals surface area (Å²) in [6.45, 7) is 0.997. The van der Waals surface area contributed by atoms with Gasteiger partial charge in [0.05, 0.1) is 13.3 Å². The lowest BCUT2D eigenvalue weighted by Gasteiger charge is -2.18. The van der Waals surface area contributed by atoms with Crippen molar-refractivity contribution in [2.45, 2.75) is 18.9 Å². The Morgan fingerprint density at radius 1 is 1.75 bits per heavy atom. The monoisotopic (exact) mass is 121 g/mol. The number of rotatable bonds is 3. The fraction of sp³-hybridized carbons (Fsp3) is 1.00. The van der Waals surface area contributed by atoms with Crippen molar-refractivity contribution in [2.24, 2.45) is 5.73 Å². The third-order valence-electron chi connectivity index (χ3n) is 1.03. The van der Waals surface area contributed by atoms with Crippen LogP contribution in [0.5, 0.6) is 0 Å². The molecule has 0 unspecified atom stereocenters. The third kappa shape index (κ3) is 2.93. The highest BCUT2D eigenvalue weighted by molar-refractivity contribution is 4.75. The first-order valence-electron chi connectivity index (χ1n) is 2.58. The molecule has 0 saturated heterocycles. The van der Waals surface area contributed by atoms with E-state index in [9.17, 15) is 4.39 Å². The zero-order valence-electron chi connectivity index (χ0n) is 5.02. The normalized spacial score (nSPS) is 18.0. The fourth-order valence-electron chi connectivity index (χ4n) is 0.295. The Hall–Kier alpha value is -0.150. The first kappa shape index (κ1) is 7.85. The van der Waals surface area contributed by atoms with Crippen LogP contribution in [0.3, 0.4) is 0 Å². The number of nitrogens with two attached hydrogens (primary N) is 1. The molecule has 50 valence electrons. The molecule has 0 aliphatic rings. The van der Waals surface area contributed by atoms with Gasteiger partial charge in [-0.25, -0.2) is 0 Å². The van der Waals surface area contributed by atoms with Crippen molar-refractivity contribution < 1.29 is 9.50 Å². The molecular formula is C5H12FNO. The van der Waals surface area contributed by atoms with Crippen LogP contribution in [0, 0.1) is 0 Å². The smallest absolute Gasteiger partial charge is 0.0912 e. The van der Waals surface area contributed by atoms with Gasteiger partial charge in [0.2, 0.25) is 0 Å². The molecule has 0 aromatic heterocycles. The standard InChI is InChI=1S/C5H12FNO/c1-5(7,4-8)2-3-6/h8H,2-4,7H2,1H3/t5-/m1/s1. The molecule has 0 amide bonds. The molecule has 0 radical (unpaired) electrons. The summed E-state index contributed by atoms with van der Waals surface area (Å²) in [5.74, 6) is 0. The SMILES string of the molecule is C[C@](N)(CO)CCF. The van der Waals surface area contributed by atoms with Crippen LogP contribution in [0.1, 0.15) is 13.3 Å². The van der Waals surface area contributed by atoms with Gasteiger partial charge >= 0.3 is 0 Å². The van der Waals surface area contributed by atoms with E-state index in [0.29, 0.717) is 0 Å². The van der Waals surface area contributed by atoms with Crippen LogP contribution in [0.15, 0.2) is 0 Å². The number of hydrogen-bond donors (Lipinski definition) is 2. The van der Waals surface area contributed by atoms with E-state index in [2.05, 4.69) is 0 Å². The summed E-state index contributed by atoms with van der Waals surface area (Å²) in [7, 11) is 0. The largest absolute Gasteiger partial charge is 0.394 e. The molecule has 0 spiro atoms. The predicted molar refractivity (Wildman–Crippen MR) is 30.3 cm³/mol. The van der Waals surface area contributed by atoms with E-state index < -0.39 is 12.2 Å². The van der Waals surface area contributed by atoms with E-state index >= 15 is 0 Å². The van der Waals surface area contributed by atoms with E-state index in [4.69, 9.17) is 10.8 Å². The highest BCUT2D eigenvalue weighted by Gasteiger charge is 2.15. The summed E-state index contributed by atoms with van der Waals surface area (Å²) in [5, 5.41) is 8.43. The molecule has 0 heterocycles. The van der Waals surface area contributed by atoms with Crippen LogP contribution < -0.4 is 5.73 Å². The summed E-state index contributed by atoms with van der Waals surface area (Å²) in [6, 6.07) is 0. The fourth-order valence-corrected chi connectivity index (χ4v) is 0.295. The van der Waals surface area contributed by atoms with Crippen molar-refractivity contribution in [3.8, 4) is 0 Å². The summed E-state index contributed by atoms with van der Waals surface area (Å²) >= 11 is 0. The maximum absolute atomic E-state index is 11.5. The average molecular weight is 121 g/mol. The topological polar surface area (TPSA) is 46.2 Å². The van der Waals surface area contributed by atoms with Crippen LogP contribution in [0.4, 0.5) is 4.39 Å². The van der Waals surface area contributed by atoms with Gasteiger partial charge in [0, 0.05) is 5.54 Å². The van der Waals surface area contributed by atoms with Gasteiger partial charge in [-0.3, -0.25) is 4.39 Å². The molecular weight excluding hydrogens is 109 g/mol. The van der Waals surface area contributed by atoms with Gasteiger partial charge in [-0.05, 0) is 13.3 Å². The Bertz CT molecular complexity index is 65.4. The summed E-state index contributed by atoms with van der Waals surface area (Å²) in [6.07, 6.45) is 0.226. The van der Waals surface area contributed by atoms with E-state index in [1.165, 1.54) is 0 Å². The molecule has 0 saturated carbocycles. The van der Waals surface area contributed by atoms with Gasteiger partial charge in [-0.15, -0.1) is 0 Å². The summed E-state index contributed by atoms with van der Waals surface area (Å²) < 4.78 is 11.5. The lowest BCUT2D eigenvalue weighted by molar-refractivity contribution is 0.190. The highest BCUT2D eigenvalue weighted by Crippen LogP contribution is 2.02. The van der Waals surface area contributed by atoms with Crippen LogP contribution in [-0.4, -0.2) is 23.9 Å². The maximum atomic E-state index is 11.5. The molecule has 0 fully saturated rings. The second-order valence-corrected chi connectivity index (χ2v) is 2.25. The molecule has 3 heteroatoms. The van der Waals surface area contributed by atoms with Crippen molar-refractivity contribution in [1.29, 1.82) is 0 Å². The highest BCUT2D eigenvalue weighted by atomic mass is 19.1.